The van der Waals surface area contributed by atoms with Crippen molar-refractivity contribution in [3.05, 3.63) is 15.9 Å². The van der Waals surface area contributed by atoms with E-state index in [-0.39, 0.29) is 0 Å². The molecule has 0 aliphatic heterocycles. The van der Waals surface area contributed by atoms with E-state index >= 15 is 0 Å². The standard InChI is InChI=1S/C8H11BrINO2S2/c9-7-3-4-8(14-7)15(12,13)11-6-2-1-5-10/h3-4,11H,1-2,5-6H2. The van der Waals surface area contributed by atoms with Crippen LogP contribution in [-0.2, 0) is 10.0 Å². The fourth-order valence-electron chi connectivity index (χ4n) is 0.939. The molecule has 0 radical (unpaired) electrons. The third-order valence-electron chi connectivity index (χ3n) is 1.67. The molecule has 0 aliphatic carbocycles. The van der Waals surface area contributed by atoms with Crippen LogP contribution in [0.15, 0.2) is 20.1 Å². The fourth-order valence-corrected chi connectivity index (χ4v) is 4.61. The van der Waals surface area contributed by atoms with Crippen LogP contribution in [0.3, 0.4) is 0 Å². The zero-order valence-corrected chi connectivity index (χ0v) is 13.2. The minimum atomic E-state index is -3.28. The van der Waals surface area contributed by atoms with Crippen LogP contribution < -0.4 is 4.72 Å². The first-order valence-electron chi connectivity index (χ1n) is 4.37. The molecule has 0 amide bonds. The van der Waals surface area contributed by atoms with E-state index in [1.807, 2.05) is 0 Å². The van der Waals surface area contributed by atoms with Gasteiger partial charge in [-0.2, -0.15) is 0 Å². The molecular weight excluding hydrogens is 413 g/mol. The van der Waals surface area contributed by atoms with Gasteiger partial charge in [-0.05, 0) is 45.3 Å². The van der Waals surface area contributed by atoms with E-state index in [1.54, 1.807) is 12.1 Å². The van der Waals surface area contributed by atoms with Crippen molar-refractivity contribution in [2.45, 2.75) is 17.1 Å². The molecule has 0 saturated carbocycles. The molecule has 3 nitrogen and oxygen atoms in total. The van der Waals surface area contributed by atoms with Crippen molar-refractivity contribution < 1.29 is 8.42 Å². The van der Waals surface area contributed by atoms with Gasteiger partial charge in [-0.3, -0.25) is 0 Å². The fraction of sp³-hybridized carbons (Fsp3) is 0.500. The zero-order valence-electron chi connectivity index (χ0n) is 7.87. The van der Waals surface area contributed by atoms with Crippen LogP contribution in [0.2, 0.25) is 0 Å². The van der Waals surface area contributed by atoms with Crippen molar-refractivity contribution in [1.82, 2.24) is 4.72 Å². The maximum absolute atomic E-state index is 11.7. The lowest BCUT2D eigenvalue weighted by Gasteiger charge is -2.03. The summed E-state index contributed by atoms with van der Waals surface area (Å²) >= 11 is 6.75. The van der Waals surface area contributed by atoms with Crippen LogP contribution in [0, 0.1) is 0 Å². The van der Waals surface area contributed by atoms with Gasteiger partial charge in [-0.1, -0.05) is 22.6 Å². The van der Waals surface area contributed by atoms with Gasteiger partial charge in [0.15, 0.2) is 0 Å². The summed E-state index contributed by atoms with van der Waals surface area (Å²) in [6.45, 7) is 0.515. The van der Waals surface area contributed by atoms with E-state index in [2.05, 4.69) is 43.2 Å². The third-order valence-corrected chi connectivity index (χ3v) is 6.01. The number of sulfonamides is 1. The molecule has 0 unspecified atom stereocenters. The molecule has 1 aromatic heterocycles. The van der Waals surface area contributed by atoms with Gasteiger partial charge in [0.05, 0.1) is 3.79 Å². The summed E-state index contributed by atoms with van der Waals surface area (Å²) in [5, 5.41) is 0. The molecule has 0 saturated heterocycles. The van der Waals surface area contributed by atoms with Crippen LogP contribution in [0.4, 0.5) is 0 Å². The maximum Gasteiger partial charge on any atom is 0.250 e. The molecule has 1 rings (SSSR count). The maximum atomic E-state index is 11.7. The Bertz CT molecular complexity index is 405. The number of thiophene rings is 1. The molecule has 1 N–H and O–H groups in total. The number of hydrogen-bond donors (Lipinski definition) is 1. The highest BCUT2D eigenvalue weighted by Gasteiger charge is 2.15. The normalized spacial score (nSPS) is 11.9. The molecule has 15 heavy (non-hydrogen) atoms. The van der Waals surface area contributed by atoms with Gasteiger partial charge in [0, 0.05) is 6.54 Å². The monoisotopic (exact) mass is 423 g/mol. The van der Waals surface area contributed by atoms with Crippen molar-refractivity contribution in [2.75, 3.05) is 11.0 Å². The van der Waals surface area contributed by atoms with Crippen LogP contribution in [0.5, 0.6) is 0 Å². The second kappa shape index (κ2) is 6.53. The van der Waals surface area contributed by atoms with E-state index in [0.717, 1.165) is 21.1 Å². The van der Waals surface area contributed by atoms with E-state index in [0.29, 0.717) is 10.8 Å². The molecular formula is C8H11BrINO2S2. The van der Waals surface area contributed by atoms with E-state index in [4.69, 9.17) is 0 Å². The number of nitrogens with one attached hydrogen (secondary N) is 1. The first kappa shape index (κ1) is 13.9. The van der Waals surface area contributed by atoms with Crippen molar-refractivity contribution in [1.29, 1.82) is 0 Å². The molecule has 1 aromatic rings. The SMILES string of the molecule is O=S(=O)(NCCCCI)c1ccc(Br)s1. The summed E-state index contributed by atoms with van der Waals surface area (Å²) < 4.78 is 28.2. The number of hydrogen-bond acceptors (Lipinski definition) is 3. The minimum absolute atomic E-state index is 0.365. The predicted molar refractivity (Wildman–Crippen MR) is 75.3 cm³/mol. The van der Waals surface area contributed by atoms with Crippen LogP contribution in [0.1, 0.15) is 12.8 Å². The Morgan fingerprint density at radius 2 is 2.13 bits per heavy atom. The molecule has 0 aromatic carbocycles. The Hall–Kier alpha value is 0.820. The van der Waals surface area contributed by atoms with Crippen molar-refractivity contribution >= 4 is 59.9 Å². The first-order chi connectivity index (χ1) is 7.06. The van der Waals surface area contributed by atoms with Gasteiger partial charge in [-0.15, -0.1) is 11.3 Å². The summed E-state index contributed by atoms with van der Waals surface area (Å²) in [5.41, 5.74) is 0. The van der Waals surface area contributed by atoms with Crippen LogP contribution in [-0.4, -0.2) is 19.4 Å². The molecule has 86 valence electrons. The zero-order chi connectivity index (χ0) is 11.3. The number of alkyl halides is 1. The predicted octanol–water partition coefficient (Wildman–Crippen LogP) is 3.00. The van der Waals surface area contributed by atoms with E-state index < -0.39 is 10.0 Å². The highest BCUT2D eigenvalue weighted by molar-refractivity contribution is 14.1. The van der Waals surface area contributed by atoms with Gasteiger partial charge in [0.2, 0.25) is 10.0 Å². The topological polar surface area (TPSA) is 46.2 Å². The Morgan fingerprint density at radius 3 is 2.67 bits per heavy atom. The highest BCUT2D eigenvalue weighted by atomic mass is 127. The molecule has 0 fully saturated rings. The second-order valence-electron chi connectivity index (χ2n) is 2.85. The molecule has 7 heteroatoms. The quantitative estimate of drug-likeness (QED) is 0.434. The van der Waals surface area contributed by atoms with Gasteiger partial charge >= 0.3 is 0 Å². The van der Waals surface area contributed by atoms with Gasteiger partial charge < -0.3 is 0 Å². The summed E-state index contributed by atoms with van der Waals surface area (Å²) in [7, 11) is -3.28. The Labute approximate surface area is 116 Å². The Balaban J connectivity index is 2.53. The van der Waals surface area contributed by atoms with Crippen LogP contribution >= 0.6 is 49.9 Å². The second-order valence-corrected chi connectivity index (χ2v) is 8.39. The van der Waals surface area contributed by atoms with Gasteiger partial charge in [0.25, 0.3) is 0 Å². The number of halogens is 2. The lowest BCUT2D eigenvalue weighted by Crippen LogP contribution is -2.23. The summed E-state index contributed by atoms with van der Waals surface area (Å²) in [5.74, 6) is 0. The summed E-state index contributed by atoms with van der Waals surface area (Å²) in [6, 6.07) is 3.35. The van der Waals surface area contributed by atoms with Gasteiger partial charge in [-0.25, -0.2) is 13.1 Å². The smallest absolute Gasteiger partial charge is 0.210 e. The molecule has 0 atom stereocenters. The molecule has 0 bridgehead atoms. The number of unbranched alkanes of at least 4 members (excludes halogenated alkanes) is 1. The van der Waals surface area contributed by atoms with Crippen molar-refractivity contribution in [2.24, 2.45) is 0 Å². The van der Waals surface area contributed by atoms with E-state index in [9.17, 15) is 8.42 Å². The lowest BCUT2D eigenvalue weighted by atomic mass is 10.3. The lowest BCUT2D eigenvalue weighted by molar-refractivity contribution is 0.581. The Morgan fingerprint density at radius 1 is 1.40 bits per heavy atom. The average Bonchev–Trinajstić information content (AvgIpc) is 2.60. The molecule has 0 aliphatic rings. The minimum Gasteiger partial charge on any atom is -0.210 e. The third kappa shape index (κ3) is 4.68. The first-order valence-corrected chi connectivity index (χ1v) is 8.99. The summed E-state index contributed by atoms with van der Waals surface area (Å²) in [6.07, 6.45) is 1.92. The van der Waals surface area contributed by atoms with E-state index in [1.165, 1.54) is 11.3 Å². The Kier molecular flexibility index (Phi) is 6.04. The molecule has 1 heterocycles. The van der Waals surface area contributed by atoms with Crippen molar-refractivity contribution in [3.63, 3.8) is 0 Å². The highest BCUT2D eigenvalue weighted by Crippen LogP contribution is 2.25. The van der Waals surface area contributed by atoms with Crippen LogP contribution in [0.25, 0.3) is 0 Å². The summed E-state index contributed by atoms with van der Waals surface area (Å²) in [4.78, 5) is 0. The average molecular weight is 424 g/mol. The van der Waals surface area contributed by atoms with Gasteiger partial charge in [0.1, 0.15) is 4.21 Å². The largest absolute Gasteiger partial charge is 0.250 e. The van der Waals surface area contributed by atoms with Crippen molar-refractivity contribution in [3.8, 4) is 0 Å². The number of rotatable bonds is 6. The molecule has 0 spiro atoms.